The van der Waals surface area contributed by atoms with Gasteiger partial charge in [0.25, 0.3) is 0 Å². The summed E-state index contributed by atoms with van der Waals surface area (Å²) in [5, 5.41) is 3.65. The van der Waals surface area contributed by atoms with Gasteiger partial charge in [0.05, 0.1) is 0 Å². The van der Waals surface area contributed by atoms with E-state index in [0.717, 1.165) is 37.2 Å². The highest BCUT2D eigenvalue weighted by Gasteiger charge is 2.19. The third-order valence-electron chi connectivity index (χ3n) is 5.26. The number of piperidine rings is 1. The van der Waals surface area contributed by atoms with Gasteiger partial charge in [-0.15, -0.1) is 0 Å². The quantitative estimate of drug-likeness (QED) is 0.919. The summed E-state index contributed by atoms with van der Waals surface area (Å²) in [5.74, 6) is 1.21. The average Bonchev–Trinajstić information content (AvgIpc) is 3.21. The number of imidazole rings is 1. The van der Waals surface area contributed by atoms with Crippen LogP contribution in [0, 0.1) is 0 Å². The highest BCUT2D eigenvalue weighted by atomic mass is 15.2. The van der Waals surface area contributed by atoms with Crippen molar-refractivity contribution in [2.75, 3.05) is 26.2 Å². The minimum atomic E-state index is 0.575. The Bertz CT molecular complexity index is 638. The lowest BCUT2D eigenvalue weighted by Gasteiger charge is -2.23. The first-order chi connectivity index (χ1) is 11.4. The number of nitrogens with one attached hydrogen (secondary N) is 1. The number of hydrogen-bond donors (Lipinski definition) is 1. The summed E-state index contributed by atoms with van der Waals surface area (Å²) in [5.41, 5.74) is 2.09. The van der Waals surface area contributed by atoms with Gasteiger partial charge in [0.1, 0.15) is 11.3 Å². The lowest BCUT2D eigenvalue weighted by Crippen LogP contribution is -2.36. The zero-order chi connectivity index (χ0) is 15.5. The van der Waals surface area contributed by atoms with Gasteiger partial charge in [-0.1, -0.05) is 6.42 Å². The molecule has 0 amide bonds. The predicted octanol–water partition coefficient (Wildman–Crippen LogP) is 2.21. The summed E-state index contributed by atoms with van der Waals surface area (Å²) in [6, 6.07) is 4.65. The van der Waals surface area contributed by atoms with E-state index in [-0.39, 0.29) is 0 Å². The van der Waals surface area contributed by atoms with Gasteiger partial charge in [0.15, 0.2) is 5.65 Å². The van der Waals surface area contributed by atoms with Gasteiger partial charge >= 0.3 is 0 Å². The fourth-order valence-corrected chi connectivity index (χ4v) is 3.96. The third-order valence-corrected chi connectivity index (χ3v) is 5.26. The van der Waals surface area contributed by atoms with Crippen LogP contribution in [0.5, 0.6) is 0 Å². The van der Waals surface area contributed by atoms with Gasteiger partial charge in [0.2, 0.25) is 0 Å². The zero-order valence-corrected chi connectivity index (χ0v) is 13.9. The van der Waals surface area contributed by atoms with Crippen molar-refractivity contribution in [3.05, 3.63) is 24.2 Å². The minimum absolute atomic E-state index is 0.575. The highest BCUT2D eigenvalue weighted by Crippen LogP contribution is 2.18. The number of aromatic nitrogens is 3. The maximum absolute atomic E-state index is 4.89. The van der Waals surface area contributed by atoms with E-state index in [2.05, 4.69) is 25.8 Å². The first-order valence-corrected chi connectivity index (χ1v) is 9.16. The summed E-state index contributed by atoms with van der Waals surface area (Å²) < 4.78 is 2.37. The van der Waals surface area contributed by atoms with E-state index in [0.29, 0.717) is 6.04 Å². The average molecular weight is 313 g/mol. The Balaban J connectivity index is 1.55. The van der Waals surface area contributed by atoms with E-state index < -0.39 is 0 Å². The Morgan fingerprint density at radius 3 is 2.87 bits per heavy atom. The van der Waals surface area contributed by atoms with Crippen LogP contribution in [-0.4, -0.2) is 51.7 Å². The molecule has 23 heavy (non-hydrogen) atoms. The molecule has 4 rings (SSSR count). The molecule has 0 aromatic carbocycles. The highest BCUT2D eigenvalue weighted by molar-refractivity contribution is 5.71. The molecule has 2 fully saturated rings. The molecule has 1 atom stereocenters. The molecule has 0 spiro atoms. The molecular weight excluding hydrogens is 286 g/mol. The van der Waals surface area contributed by atoms with Gasteiger partial charge < -0.3 is 14.8 Å². The van der Waals surface area contributed by atoms with Crippen LogP contribution in [0.1, 0.15) is 37.9 Å². The molecule has 5 nitrogen and oxygen atoms in total. The molecule has 0 aliphatic carbocycles. The molecule has 2 aromatic rings. The molecule has 2 saturated heterocycles. The SMILES string of the molecule is c1cnc2c(c1)nc(CC1CCCCN1)n2CCN1CCCC1. The van der Waals surface area contributed by atoms with Gasteiger partial charge in [-0.05, 0) is 57.5 Å². The van der Waals surface area contributed by atoms with Crippen LogP contribution in [0.15, 0.2) is 18.3 Å². The lowest BCUT2D eigenvalue weighted by molar-refractivity contribution is 0.319. The molecule has 0 radical (unpaired) electrons. The largest absolute Gasteiger partial charge is 0.314 e. The summed E-state index contributed by atoms with van der Waals surface area (Å²) >= 11 is 0. The van der Waals surface area contributed by atoms with Gasteiger partial charge in [-0.25, -0.2) is 9.97 Å². The van der Waals surface area contributed by atoms with Gasteiger partial charge in [-0.2, -0.15) is 0 Å². The van der Waals surface area contributed by atoms with Crippen molar-refractivity contribution in [1.29, 1.82) is 0 Å². The second kappa shape index (κ2) is 6.97. The molecule has 2 aliphatic heterocycles. The van der Waals surface area contributed by atoms with E-state index >= 15 is 0 Å². The van der Waals surface area contributed by atoms with E-state index in [4.69, 9.17) is 4.98 Å². The Morgan fingerprint density at radius 2 is 2.04 bits per heavy atom. The maximum Gasteiger partial charge on any atom is 0.160 e. The Hall–Kier alpha value is -1.46. The van der Waals surface area contributed by atoms with E-state index in [1.165, 1.54) is 51.0 Å². The second-order valence-electron chi connectivity index (χ2n) is 6.93. The molecule has 0 bridgehead atoms. The second-order valence-corrected chi connectivity index (χ2v) is 6.93. The minimum Gasteiger partial charge on any atom is -0.314 e. The lowest BCUT2D eigenvalue weighted by atomic mass is 10.0. The molecule has 2 aromatic heterocycles. The summed E-state index contributed by atoms with van der Waals surface area (Å²) in [6.45, 7) is 5.78. The van der Waals surface area contributed by atoms with Crippen molar-refractivity contribution < 1.29 is 0 Å². The zero-order valence-electron chi connectivity index (χ0n) is 13.9. The number of rotatable bonds is 5. The number of fused-ring (bicyclic) bond motifs is 1. The smallest absolute Gasteiger partial charge is 0.160 e. The Morgan fingerprint density at radius 1 is 1.13 bits per heavy atom. The van der Waals surface area contributed by atoms with Crippen LogP contribution in [0.25, 0.3) is 11.2 Å². The van der Waals surface area contributed by atoms with Crippen LogP contribution in [-0.2, 0) is 13.0 Å². The number of hydrogen-bond acceptors (Lipinski definition) is 4. The van der Waals surface area contributed by atoms with Crippen LogP contribution < -0.4 is 5.32 Å². The predicted molar refractivity (Wildman–Crippen MR) is 92.5 cm³/mol. The fraction of sp³-hybridized carbons (Fsp3) is 0.667. The number of pyridine rings is 1. The summed E-state index contributed by atoms with van der Waals surface area (Å²) in [4.78, 5) is 12.1. The first-order valence-electron chi connectivity index (χ1n) is 9.16. The molecule has 2 aliphatic rings. The van der Waals surface area contributed by atoms with Crippen LogP contribution in [0.2, 0.25) is 0 Å². The van der Waals surface area contributed by atoms with Crippen molar-refractivity contribution in [3.63, 3.8) is 0 Å². The normalized spacial score (nSPS) is 22.9. The van der Waals surface area contributed by atoms with Crippen LogP contribution in [0.3, 0.4) is 0 Å². The molecule has 5 heteroatoms. The van der Waals surface area contributed by atoms with Crippen molar-refractivity contribution in [1.82, 2.24) is 24.8 Å². The van der Waals surface area contributed by atoms with Crippen molar-refractivity contribution in [2.45, 2.75) is 51.1 Å². The van der Waals surface area contributed by atoms with Crippen LogP contribution in [0.4, 0.5) is 0 Å². The molecule has 4 heterocycles. The molecule has 0 saturated carbocycles. The summed E-state index contributed by atoms with van der Waals surface area (Å²) in [6.07, 6.45) is 9.52. The van der Waals surface area contributed by atoms with Gasteiger partial charge in [0, 0.05) is 31.7 Å². The van der Waals surface area contributed by atoms with Crippen molar-refractivity contribution in [2.24, 2.45) is 0 Å². The Kier molecular flexibility index (Phi) is 4.57. The van der Waals surface area contributed by atoms with E-state index in [1.807, 2.05) is 12.3 Å². The summed E-state index contributed by atoms with van der Waals surface area (Å²) in [7, 11) is 0. The monoisotopic (exact) mass is 313 g/mol. The Labute approximate surface area is 138 Å². The van der Waals surface area contributed by atoms with E-state index in [9.17, 15) is 0 Å². The van der Waals surface area contributed by atoms with Crippen molar-refractivity contribution in [3.8, 4) is 0 Å². The van der Waals surface area contributed by atoms with Crippen molar-refractivity contribution >= 4 is 11.2 Å². The fourth-order valence-electron chi connectivity index (χ4n) is 3.96. The number of nitrogens with zero attached hydrogens (tertiary/aromatic N) is 4. The third kappa shape index (κ3) is 3.40. The number of likely N-dealkylation sites (tertiary alicyclic amines) is 1. The standard InChI is InChI=1S/C18H27N5/c1-2-8-19-15(6-1)14-17-21-16-7-5-9-20-18(16)23(17)13-12-22-10-3-4-11-22/h5,7,9,15,19H,1-4,6,8,10-14H2. The topological polar surface area (TPSA) is 46.0 Å². The van der Waals surface area contributed by atoms with Gasteiger partial charge in [-0.3, -0.25) is 0 Å². The molecule has 1 unspecified atom stereocenters. The van der Waals surface area contributed by atoms with E-state index in [1.54, 1.807) is 0 Å². The molecular formula is C18H27N5. The maximum atomic E-state index is 4.89. The molecule has 124 valence electrons. The van der Waals surface area contributed by atoms with Crippen LogP contribution >= 0.6 is 0 Å². The first kappa shape index (κ1) is 15.1. The molecule has 1 N–H and O–H groups in total.